The molecule has 0 heterocycles. The van der Waals surface area contributed by atoms with Gasteiger partial charge in [-0.2, -0.15) is 0 Å². The van der Waals surface area contributed by atoms with Crippen LogP contribution in [0, 0.1) is 20.8 Å². The molecule has 1 aliphatic rings. The highest BCUT2D eigenvalue weighted by atomic mass is 32.2. The average Bonchev–Trinajstić information content (AvgIpc) is 2.52. The molecule has 0 fully saturated rings. The maximum absolute atomic E-state index is 12.8. The van der Waals surface area contributed by atoms with E-state index in [1.54, 1.807) is 13.8 Å². The molecule has 4 nitrogen and oxygen atoms in total. The van der Waals surface area contributed by atoms with Crippen molar-refractivity contribution in [3.05, 3.63) is 64.2 Å². The van der Waals surface area contributed by atoms with E-state index < -0.39 is 15.6 Å². The highest BCUT2D eigenvalue weighted by molar-refractivity contribution is 7.89. The number of benzene rings is 2. The van der Waals surface area contributed by atoms with Gasteiger partial charge in [0.05, 0.1) is 10.5 Å². The van der Waals surface area contributed by atoms with Gasteiger partial charge in [0.15, 0.2) is 0 Å². The van der Waals surface area contributed by atoms with Crippen LogP contribution in [-0.2, 0) is 22.9 Å². The third-order valence-corrected chi connectivity index (χ3v) is 6.67. The number of rotatable bonds is 4. The summed E-state index contributed by atoms with van der Waals surface area (Å²) in [6.45, 7) is 5.59. The second-order valence-corrected chi connectivity index (χ2v) is 8.93. The monoisotopic (exact) mass is 359 g/mol. The van der Waals surface area contributed by atoms with Gasteiger partial charge in [-0.15, -0.1) is 0 Å². The van der Waals surface area contributed by atoms with Crippen LogP contribution in [0.25, 0.3) is 0 Å². The van der Waals surface area contributed by atoms with Crippen LogP contribution >= 0.6 is 0 Å². The third kappa shape index (κ3) is 3.78. The smallest absolute Gasteiger partial charge is 0.241 e. The van der Waals surface area contributed by atoms with Crippen molar-refractivity contribution in [2.45, 2.75) is 50.5 Å². The number of aryl methyl sites for hydroxylation is 4. The number of nitrogens with one attached hydrogen (secondary N) is 1. The first kappa shape index (κ1) is 18.1. The maximum atomic E-state index is 12.8. The molecule has 0 aliphatic heterocycles. The summed E-state index contributed by atoms with van der Waals surface area (Å²) in [5, 5.41) is 10.9. The number of hydrogen-bond acceptors (Lipinski definition) is 3. The van der Waals surface area contributed by atoms with Crippen molar-refractivity contribution in [2.75, 3.05) is 6.54 Å². The van der Waals surface area contributed by atoms with Gasteiger partial charge < -0.3 is 5.11 Å². The Balaban J connectivity index is 1.79. The first-order valence-electron chi connectivity index (χ1n) is 8.57. The molecule has 1 aliphatic carbocycles. The third-order valence-electron chi connectivity index (χ3n) is 4.96. The summed E-state index contributed by atoms with van der Waals surface area (Å²) < 4.78 is 28.2. The zero-order valence-corrected chi connectivity index (χ0v) is 15.8. The van der Waals surface area contributed by atoms with Gasteiger partial charge in [0, 0.05) is 13.0 Å². The van der Waals surface area contributed by atoms with E-state index in [-0.39, 0.29) is 6.54 Å². The highest BCUT2D eigenvalue weighted by Gasteiger charge is 2.33. The molecule has 0 saturated carbocycles. The van der Waals surface area contributed by atoms with Crippen molar-refractivity contribution in [1.82, 2.24) is 4.72 Å². The van der Waals surface area contributed by atoms with Gasteiger partial charge in [-0.3, -0.25) is 0 Å². The first-order valence-corrected chi connectivity index (χ1v) is 10.1. The zero-order valence-electron chi connectivity index (χ0n) is 15.0. The molecule has 0 radical (unpaired) electrons. The lowest BCUT2D eigenvalue weighted by atomic mass is 9.80. The van der Waals surface area contributed by atoms with Crippen molar-refractivity contribution in [1.29, 1.82) is 0 Å². The Hall–Kier alpha value is -1.69. The van der Waals surface area contributed by atoms with Crippen molar-refractivity contribution in [3.8, 4) is 0 Å². The Morgan fingerprint density at radius 3 is 2.32 bits per heavy atom. The lowest BCUT2D eigenvalue weighted by Crippen LogP contribution is -2.46. The average molecular weight is 359 g/mol. The molecule has 3 rings (SSSR count). The fourth-order valence-corrected chi connectivity index (χ4v) is 5.40. The molecule has 25 heavy (non-hydrogen) atoms. The Bertz CT molecular complexity index is 882. The number of fused-ring (bicyclic) bond motifs is 1. The SMILES string of the molecule is Cc1cc(C)c(S(=O)(=O)NCC2(O)CCc3ccccc3C2)c(C)c1. The summed E-state index contributed by atoms with van der Waals surface area (Å²) in [5.74, 6) is 0. The van der Waals surface area contributed by atoms with E-state index in [9.17, 15) is 13.5 Å². The van der Waals surface area contributed by atoms with E-state index >= 15 is 0 Å². The Labute approximate surface area is 150 Å². The van der Waals surface area contributed by atoms with Crippen LogP contribution in [0.15, 0.2) is 41.3 Å². The van der Waals surface area contributed by atoms with E-state index in [1.807, 2.05) is 37.3 Å². The molecular weight excluding hydrogens is 334 g/mol. The Morgan fingerprint density at radius 1 is 1.08 bits per heavy atom. The largest absolute Gasteiger partial charge is 0.388 e. The van der Waals surface area contributed by atoms with E-state index in [1.165, 1.54) is 5.56 Å². The fraction of sp³-hybridized carbons (Fsp3) is 0.400. The minimum absolute atomic E-state index is 0.0242. The standard InChI is InChI=1S/C20H25NO3S/c1-14-10-15(2)19(16(3)11-14)25(23,24)21-13-20(22)9-8-17-6-4-5-7-18(17)12-20/h4-7,10-11,21-22H,8-9,12-13H2,1-3H3. The minimum Gasteiger partial charge on any atom is -0.388 e. The Kier molecular flexibility index (Phi) is 4.75. The molecule has 5 heteroatoms. The summed E-state index contributed by atoms with van der Waals surface area (Å²) in [6.07, 6.45) is 1.78. The van der Waals surface area contributed by atoms with E-state index in [4.69, 9.17) is 0 Å². The normalized spacial score (nSPS) is 20.3. The molecule has 2 aromatic rings. The summed E-state index contributed by atoms with van der Waals surface area (Å²) in [6, 6.07) is 11.8. The second kappa shape index (κ2) is 6.56. The topological polar surface area (TPSA) is 66.4 Å². The van der Waals surface area contributed by atoms with Crippen molar-refractivity contribution < 1.29 is 13.5 Å². The predicted molar refractivity (Wildman–Crippen MR) is 99.3 cm³/mol. The lowest BCUT2D eigenvalue weighted by molar-refractivity contribution is 0.0317. The first-order chi connectivity index (χ1) is 11.7. The maximum Gasteiger partial charge on any atom is 0.241 e. The van der Waals surface area contributed by atoms with Crippen LogP contribution in [0.2, 0.25) is 0 Å². The van der Waals surface area contributed by atoms with Crippen molar-refractivity contribution in [2.24, 2.45) is 0 Å². The van der Waals surface area contributed by atoms with Crippen LogP contribution < -0.4 is 4.72 Å². The molecule has 0 amide bonds. The zero-order chi connectivity index (χ0) is 18.2. The molecule has 0 bridgehead atoms. The van der Waals surface area contributed by atoms with E-state index in [2.05, 4.69) is 10.8 Å². The molecule has 0 spiro atoms. The van der Waals surface area contributed by atoms with E-state index in [0.717, 1.165) is 28.7 Å². The molecule has 1 atom stereocenters. The van der Waals surface area contributed by atoms with Gasteiger partial charge in [-0.1, -0.05) is 42.0 Å². The second-order valence-electron chi connectivity index (χ2n) is 7.22. The predicted octanol–water partition coefficient (Wildman–Crippen LogP) is 2.81. The molecule has 2 aromatic carbocycles. The lowest BCUT2D eigenvalue weighted by Gasteiger charge is -2.33. The van der Waals surface area contributed by atoms with Gasteiger partial charge in [-0.05, 0) is 55.9 Å². The van der Waals surface area contributed by atoms with Crippen molar-refractivity contribution in [3.63, 3.8) is 0 Å². The van der Waals surface area contributed by atoms with Crippen LogP contribution in [0.4, 0.5) is 0 Å². The highest BCUT2D eigenvalue weighted by Crippen LogP contribution is 2.29. The molecule has 0 aromatic heterocycles. The molecule has 1 unspecified atom stereocenters. The summed E-state index contributed by atoms with van der Waals surface area (Å²) in [7, 11) is -3.66. The summed E-state index contributed by atoms with van der Waals surface area (Å²) >= 11 is 0. The van der Waals surface area contributed by atoms with Crippen molar-refractivity contribution >= 4 is 10.0 Å². The number of aliphatic hydroxyl groups is 1. The van der Waals surface area contributed by atoms with Gasteiger partial charge >= 0.3 is 0 Å². The van der Waals surface area contributed by atoms with Crippen LogP contribution in [0.3, 0.4) is 0 Å². The van der Waals surface area contributed by atoms with Crippen LogP contribution in [-0.4, -0.2) is 25.7 Å². The van der Waals surface area contributed by atoms with Gasteiger partial charge in [0.25, 0.3) is 0 Å². The van der Waals surface area contributed by atoms with Crippen LogP contribution in [0.1, 0.15) is 34.2 Å². The molecule has 134 valence electrons. The Morgan fingerprint density at radius 2 is 1.68 bits per heavy atom. The van der Waals surface area contributed by atoms with Crippen LogP contribution in [0.5, 0.6) is 0 Å². The molecule has 0 saturated heterocycles. The number of sulfonamides is 1. The van der Waals surface area contributed by atoms with Gasteiger partial charge in [0.1, 0.15) is 0 Å². The minimum atomic E-state index is -3.66. The molecule has 2 N–H and O–H groups in total. The quantitative estimate of drug-likeness (QED) is 0.882. The molecular formula is C20H25NO3S. The number of hydrogen-bond donors (Lipinski definition) is 2. The summed E-state index contributed by atoms with van der Waals surface area (Å²) in [5.41, 5.74) is 3.78. The van der Waals surface area contributed by atoms with Gasteiger partial charge in [0.2, 0.25) is 10.0 Å². The van der Waals surface area contributed by atoms with E-state index in [0.29, 0.717) is 17.7 Å². The van der Waals surface area contributed by atoms with Gasteiger partial charge in [-0.25, -0.2) is 13.1 Å². The fourth-order valence-electron chi connectivity index (χ4n) is 3.83. The summed E-state index contributed by atoms with van der Waals surface area (Å²) in [4.78, 5) is 0.318.